The zero-order valence-corrected chi connectivity index (χ0v) is 16.1. The summed E-state index contributed by atoms with van der Waals surface area (Å²) in [7, 11) is 1.70. The number of methoxy groups -OCH3 is 1. The molecule has 0 fully saturated rings. The van der Waals surface area contributed by atoms with Crippen LogP contribution in [0.2, 0.25) is 0 Å². The minimum atomic E-state index is 0.649. The molecule has 1 unspecified atom stereocenters. The summed E-state index contributed by atoms with van der Waals surface area (Å²) >= 11 is 0. The highest BCUT2D eigenvalue weighted by molar-refractivity contribution is 5.83. The maximum absolute atomic E-state index is 6.02. The molecule has 26 heavy (non-hydrogen) atoms. The van der Waals surface area contributed by atoms with Crippen molar-refractivity contribution in [1.82, 2.24) is 4.57 Å². The Hall–Kier alpha value is -2.42. The van der Waals surface area contributed by atoms with Crippen molar-refractivity contribution >= 4 is 10.9 Å². The van der Waals surface area contributed by atoms with Crippen molar-refractivity contribution < 1.29 is 9.47 Å². The third-order valence-electron chi connectivity index (χ3n) is 5.04. The molecule has 2 aromatic carbocycles. The quantitative estimate of drug-likeness (QED) is 0.456. The fourth-order valence-corrected chi connectivity index (χ4v) is 3.28. The average molecular weight is 351 g/mol. The molecule has 3 aromatic rings. The lowest BCUT2D eigenvalue weighted by Crippen LogP contribution is -2.11. The zero-order chi connectivity index (χ0) is 18.4. The molecule has 1 aromatic heterocycles. The lowest BCUT2D eigenvalue weighted by atomic mass is 10.0. The van der Waals surface area contributed by atoms with Crippen LogP contribution in [0, 0.1) is 5.92 Å². The summed E-state index contributed by atoms with van der Waals surface area (Å²) in [6.45, 7) is 5.30. The maximum Gasteiger partial charge on any atom is 0.120 e. The Morgan fingerprint density at radius 2 is 1.73 bits per heavy atom. The number of hydrogen-bond acceptors (Lipinski definition) is 2. The van der Waals surface area contributed by atoms with Crippen LogP contribution in [0.1, 0.15) is 39.5 Å². The SMILES string of the molecule is CCCCC(CC)COc1ccc(-n2ccc3ccc(OC)cc32)cc1. The molecule has 0 bridgehead atoms. The van der Waals surface area contributed by atoms with Gasteiger partial charge in [0.05, 0.1) is 19.2 Å². The number of fused-ring (bicyclic) bond motifs is 1. The van der Waals surface area contributed by atoms with Gasteiger partial charge in [-0.25, -0.2) is 0 Å². The monoisotopic (exact) mass is 351 g/mol. The van der Waals surface area contributed by atoms with E-state index in [-0.39, 0.29) is 0 Å². The van der Waals surface area contributed by atoms with Crippen molar-refractivity contribution in [1.29, 1.82) is 0 Å². The van der Waals surface area contributed by atoms with E-state index in [1.54, 1.807) is 7.11 Å². The van der Waals surface area contributed by atoms with Gasteiger partial charge in [-0.1, -0.05) is 33.1 Å². The molecular weight excluding hydrogens is 322 g/mol. The van der Waals surface area contributed by atoms with Crippen LogP contribution in [-0.4, -0.2) is 18.3 Å². The maximum atomic E-state index is 6.02. The first kappa shape index (κ1) is 18.4. The first-order valence-corrected chi connectivity index (χ1v) is 9.63. The molecule has 3 heteroatoms. The van der Waals surface area contributed by atoms with E-state index in [2.05, 4.69) is 67.1 Å². The summed E-state index contributed by atoms with van der Waals surface area (Å²) in [4.78, 5) is 0. The van der Waals surface area contributed by atoms with Gasteiger partial charge in [0.25, 0.3) is 0 Å². The highest BCUT2D eigenvalue weighted by Gasteiger charge is 2.08. The summed E-state index contributed by atoms with van der Waals surface area (Å²) in [5, 5.41) is 1.20. The Bertz CT molecular complexity index is 820. The van der Waals surface area contributed by atoms with Crippen LogP contribution >= 0.6 is 0 Å². The molecule has 3 rings (SSSR count). The van der Waals surface area contributed by atoms with Crippen LogP contribution in [0.3, 0.4) is 0 Å². The predicted molar refractivity (Wildman–Crippen MR) is 109 cm³/mol. The van der Waals surface area contributed by atoms with Gasteiger partial charge in [0.1, 0.15) is 11.5 Å². The van der Waals surface area contributed by atoms with Gasteiger partial charge < -0.3 is 14.0 Å². The van der Waals surface area contributed by atoms with Crippen molar-refractivity contribution in [3.05, 3.63) is 54.7 Å². The van der Waals surface area contributed by atoms with E-state index >= 15 is 0 Å². The number of ether oxygens (including phenoxy) is 2. The summed E-state index contributed by atoms with van der Waals surface area (Å²) in [5.41, 5.74) is 2.27. The molecule has 0 aliphatic carbocycles. The first-order chi connectivity index (χ1) is 12.7. The smallest absolute Gasteiger partial charge is 0.120 e. The number of rotatable bonds is 9. The Morgan fingerprint density at radius 3 is 2.42 bits per heavy atom. The highest BCUT2D eigenvalue weighted by atomic mass is 16.5. The second-order valence-electron chi connectivity index (χ2n) is 6.83. The number of hydrogen-bond donors (Lipinski definition) is 0. The van der Waals surface area contributed by atoms with Crippen LogP contribution < -0.4 is 9.47 Å². The van der Waals surface area contributed by atoms with E-state index in [1.165, 1.54) is 31.1 Å². The van der Waals surface area contributed by atoms with Crippen molar-refractivity contribution in [3.8, 4) is 17.2 Å². The molecule has 0 aliphatic heterocycles. The molecule has 1 atom stereocenters. The molecule has 0 radical (unpaired) electrons. The van der Waals surface area contributed by atoms with E-state index in [1.807, 2.05) is 6.07 Å². The number of unbranched alkanes of at least 4 members (excludes halogenated alkanes) is 1. The average Bonchev–Trinajstić information content (AvgIpc) is 3.11. The normalized spacial score (nSPS) is 12.3. The molecule has 0 saturated carbocycles. The zero-order valence-electron chi connectivity index (χ0n) is 16.1. The van der Waals surface area contributed by atoms with E-state index in [0.717, 1.165) is 29.3 Å². The summed E-state index contributed by atoms with van der Waals surface area (Å²) in [6, 6.07) is 16.6. The molecular formula is C23H29NO2. The first-order valence-electron chi connectivity index (χ1n) is 9.63. The predicted octanol–water partition coefficient (Wildman–Crippen LogP) is 6.23. The van der Waals surface area contributed by atoms with Gasteiger partial charge in [-0.05, 0) is 54.8 Å². The third-order valence-corrected chi connectivity index (χ3v) is 5.04. The van der Waals surface area contributed by atoms with Crippen LogP contribution in [-0.2, 0) is 0 Å². The van der Waals surface area contributed by atoms with Gasteiger partial charge in [0, 0.05) is 23.3 Å². The molecule has 0 spiro atoms. The topological polar surface area (TPSA) is 23.4 Å². The Morgan fingerprint density at radius 1 is 0.962 bits per heavy atom. The van der Waals surface area contributed by atoms with Gasteiger partial charge in [-0.15, -0.1) is 0 Å². The van der Waals surface area contributed by atoms with Crippen molar-refractivity contribution in [2.75, 3.05) is 13.7 Å². The number of aromatic nitrogens is 1. The molecule has 0 amide bonds. The second kappa shape index (κ2) is 8.79. The van der Waals surface area contributed by atoms with Gasteiger partial charge in [-0.2, -0.15) is 0 Å². The molecule has 138 valence electrons. The van der Waals surface area contributed by atoms with E-state index in [4.69, 9.17) is 9.47 Å². The van der Waals surface area contributed by atoms with Crippen LogP contribution in [0.5, 0.6) is 11.5 Å². The standard InChI is InChI=1S/C23H29NO2/c1-4-6-7-18(5-2)17-26-21-12-9-20(10-13-21)24-15-14-19-8-11-22(25-3)16-23(19)24/h8-16,18H,4-7,17H2,1-3H3. The Labute approximate surface area is 156 Å². The summed E-state index contributed by atoms with van der Waals surface area (Å²) < 4.78 is 13.6. The lowest BCUT2D eigenvalue weighted by molar-refractivity contribution is 0.233. The molecule has 0 N–H and O–H groups in total. The molecule has 0 saturated heterocycles. The van der Waals surface area contributed by atoms with Crippen molar-refractivity contribution in [3.63, 3.8) is 0 Å². The van der Waals surface area contributed by atoms with Crippen molar-refractivity contribution in [2.24, 2.45) is 5.92 Å². The minimum absolute atomic E-state index is 0.649. The summed E-state index contributed by atoms with van der Waals surface area (Å²) in [5.74, 6) is 2.46. The molecule has 0 aliphatic rings. The van der Waals surface area contributed by atoms with Crippen LogP contribution in [0.25, 0.3) is 16.6 Å². The molecule has 3 nitrogen and oxygen atoms in total. The van der Waals surface area contributed by atoms with Crippen LogP contribution in [0.15, 0.2) is 54.7 Å². The number of benzene rings is 2. The third kappa shape index (κ3) is 4.21. The Kier molecular flexibility index (Phi) is 6.21. The van der Waals surface area contributed by atoms with Gasteiger partial charge >= 0.3 is 0 Å². The van der Waals surface area contributed by atoms with E-state index in [0.29, 0.717) is 5.92 Å². The Balaban J connectivity index is 1.71. The highest BCUT2D eigenvalue weighted by Crippen LogP contribution is 2.26. The van der Waals surface area contributed by atoms with E-state index < -0.39 is 0 Å². The molecule has 1 heterocycles. The fourth-order valence-electron chi connectivity index (χ4n) is 3.28. The van der Waals surface area contributed by atoms with Gasteiger partial charge in [0.15, 0.2) is 0 Å². The lowest BCUT2D eigenvalue weighted by Gasteiger charge is -2.16. The van der Waals surface area contributed by atoms with Crippen LogP contribution in [0.4, 0.5) is 0 Å². The fraction of sp³-hybridized carbons (Fsp3) is 0.391. The second-order valence-corrected chi connectivity index (χ2v) is 6.83. The van der Waals surface area contributed by atoms with Gasteiger partial charge in [0.2, 0.25) is 0 Å². The van der Waals surface area contributed by atoms with E-state index in [9.17, 15) is 0 Å². The minimum Gasteiger partial charge on any atom is -0.497 e. The summed E-state index contributed by atoms with van der Waals surface area (Å²) in [6.07, 6.45) is 7.06. The van der Waals surface area contributed by atoms with Crippen molar-refractivity contribution in [2.45, 2.75) is 39.5 Å². The largest absolute Gasteiger partial charge is 0.497 e. The number of nitrogens with zero attached hydrogens (tertiary/aromatic N) is 1. The van der Waals surface area contributed by atoms with Gasteiger partial charge in [-0.3, -0.25) is 0 Å².